The van der Waals surface area contributed by atoms with Crippen LogP contribution in [0.2, 0.25) is 0 Å². The lowest BCUT2D eigenvalue weighted by molar-refractivity contribution is 0.327. The molecular formula is C16H22N4. The van der Waals surface area contributed by atoms with Gasteiger partial charge in [-0.15, -0.1) is 0 Å². The Morgan fingerprint density at radius 3 is 2.85 bits per heavy atom. The third-order valence-electron chi connectivity index (χ3n) is 4.07. The van der Waals surface area contributed by atoms with Crippen molar-refractivity contribution in [2.75, 3.05) is 13.1 Å². The van der Waals surface area contributed by atoms with Gasteiger partial charge < -0.3 is 5.73 Å². The predicted octanol–water partition coefficient (Wildman–Crippen LogP) is 1.93. The van der Waals surface area contributed by atoms with Gasteiger partial charge in [-0.05, 0) is 31.0 Å². The van der Waals surface area contributed by atoms with E-state index in [4.69, 9.17) is 5.73 Å². The zero-order valence-corrected chi connectivity index (χ0v) is 12.2. The molecule has 0 spiro atoms. The summed E-state index contributed by atoms with van der Waals surface area (Å²) in [6.45, 7) is 5.20. The van der Waals surface area contributed by atoms with E-state index in [-0.39, 0.29) is 0 Å². The number of nitrogens with two attached hydrogens (primary N) is 1. The lowest BCUT2D eigenvalue weighted by Crippen LogP contribution is -2.26. The summed E-state index contributed by atoms with van der Waals surface area (Å²) in [5, 5.41) is 4.29. The maximum Gasteiger partial charge on any atom is 0.0682 e. The van der Waals surface area contributed by atoms with Crippen molar-refractivity contribution >= 4 is 0 Å². The van der Waals surface area contributed by atoms with Gasteiger partial charge in [0, 0.05) is 44.5 Å². The van der Waals surface area contributed by atoms with Crippen LogP contribution in [-0.4, -0.2) is 33.8 Å². The highest BCUT2D eigenvalue weighted by Crippen LogP contribution is 2.26. The van der Waals surface area contributed by atoms with Gasteiger partial charge in [0.1, 0.15) is 0 Å². The van der Waals surface area contributed by atoms with Gasteiger partial charge in [-0.25, -0.2) is 0 Å². The fourth-order valence-corrected chi connectivity index (χ4v) is 2.95. The molecule has 4 nitrogen and oxygen atoms in total. The van der Waals surface area contributed by atoms with E-state index in [1.54, 1.807) is 0 Å². The van der Waals surface area contributed by atoms with Crippen LogP contribution in [0.5, 0.6) is 0 Å². The Hall–Kier alpha value is -1.65. The molecule has 106 valence electrons. The van der Waals surface area contributed by atoms with Crippen molar-refractivity contribution in [3.05, 3.63) is 41.6 Å². The first-order chi connectivity index (χ1) is 9.63. The van der Waals surface area contributed by atoms with Crippen molar-refractivity contribution in [2.24, 2.45) is 12.8 Å². The van der Waals surface area contributed by atoms with Crippen LogP contribution in [0.25, 0.3) is 11.3 Å². The highest BCUT2D eigenvalue weighted by molar-refractivity contribution is 5.64. The minimum atomic E-state index is 0.334. The highest BCUT2D eigenvalue weighted by atomic mass is 15.3. The summed E-state index contributed by atoms with van der Waals surface area (Å²) in [4.78, 5) is 2.44. The molecule has 20 heavy (non-hydrogen) atoms. The van der Waals surface area contributed by atoms with Crippen LogP contribution in [0.3, 0.4) is 0 Å². The van der Waals surface area contributed by atoms with Crippen LogP contribution >= 0.6 is 0 Å². The molecule has 2 heterocycles. The van der Waals surface area contributed by atoms with Crippen molar-refractivity contribution in [3.63, 3.8) is 0 Å². The van der Waals surface area contributed by atoms with Crippen LogP contribution in [0.1, 0.15) is 17.5 Å². The molecule has 0 saturated carbocycles. The minimum Gasteiger partial charge on any atom is -0.326 e. The van der Waals surface area contributed by atoms with Gasteiger partial charge in [-0.1, -0.05) is 17.7 Å². The Bertz CT molecular complexity index is 602. The third kappa shape index (κ3) is 2.62. The molecule has 2 N–H and O–H groups in total. The monoisotopic (exact) mass is 270 g/mol. The zero-order valence-electron chi connectivity index (χ0n) is 12.2. The van der Waals surface area contributed by atoms with Gasteiger partial charge in [0.15, 0.2) is 0 Å². The molecule has 1 aliphatic rings. The van der Waals surface area contributed by atoms with E-state index in [0.717, 1.165) is 26.1 Å². The second-order valence-electron chi connectivity index (χ2n) is 5.78. The quantitative estimate of drug-likeness (QED) is 0.927. The largest absolute Gasteiger partial charge is 0.326 e. The number of hydrogen-bond acceptors (Lipinski definition) is 3. The molecule has 0 bridgehead atoms. The summed E-state index contributed by atoms with van der Waals surface area (Å²) in [5.74, 6) is 0. The van der Waals surface area contributed by atoms with E-state index in [9.17, 15) is 0 Å². The third-order valence-corrected chi connectivity index (χ3v) is 4.07. The molecular weight excluding hydrogens is 248 g/mol. The van der Waals surface area contributed by atoms with Gasteiger partial charge in [-0.3, -0.25) is 9.58 Å². The lowest BCUT2D eigenvalue weighted by atomic mass is 10.0. The van der Waals surface area contributed by atoms with E-state index >= 15 is 0 Å². The maximum atomic E-state index is 6.00. The van der Waals surface area contributed by atoms with Gasteiger partial charge in [0.25, 0.3) is 0 Å². The van der Waals surface area contributed by atoms with Gasteiger partial charge >= 0.3 is 0 Å². The number of nitrogens with zero attached hydrogens (tertiary/aromatic N) is 3. The summed E-state index contributed by atoms with van der Waals surface area (Å²) in [7, 11) is 1.99. The van der Waals surface area contributed by atoms with Gasteiger partial charge in [0.05, 0.1) is 5.69 Å². The summed E-state index contributed by atoms with van der Waals surface area (Å²) in [6, 6.07) is 9.09. The van der Waals surface area contributed by atoms with Crippen molar-refractivity contribution in [2.45, 2.75) is 25.9 Å². The fourth-order valence-electron chi connectivity index (χ4n) is 2.95. The Labute approximate surface area is 120 Å². The first-order valence-electron chi connectivity index (χ1n) is 7.19. The Morgan fingerprint density at radius 1 is 1.35 bits per heavy atom. The number of likely N-dealkylation sites (tertiary alicyclic amines) is 1. The van der Waals surface area contributed by atoms with Crippen molar-refractivity contribution in [1.29, 1.82) is 0 Å². The number of aryl methyl sites for hydroxylation is 2. The Balaban J connectivity index is 1.92. The molecule has 0 amide bonds. The van der Waals surface area contributed by atoms with Gasteiger partial charge in [0.2, 0.25) is 0 Å². The van der Waals surface area contributed by atoms with Gasteiger partial charge in [-0.2, -0.15) is 5.10 Å². The van der Waals surface area contributed by atoms with Crippen LogP contribution < -0.4 is 5.73 Å². The number of aromatic nitrogens is 2. The Kier molecular flexibility index (Phi) is 3.59. The molecule has 1 fully saturated rings. The molecule has 0 unspecified atom stereocenters. The topological polar surface area (TPSA) is 47.1 Å². The lowest BCUT2D eigenvalue weighted by Gasteiger charge is -2.18. The smallest absolute Gasteiger partial charge is 0.0682 e. The molecule has 1 aromatic heterocycles. The van der Waals surface area contributed by atoms with Crippen LogP contribution in [0.4, 0.5) is 0 Å². The molecule has 1 saturated heterocycles. The van der Waals surface area contributed by atoms with Crippen LogP contribution in [0, 0.1) is 6.92 Å². The maximum absolute atomic E-state index is 6.00. The SMILES string of the molecule is Cc1ccc(CN2CC[C@@H](N)C2)c(-c2ccnn2C)c1. The summed E-state index contributed by atoms with van der Waals surface area (Å²) < 4.78 is 1.94. The molecule has 4 heteroatoms. The number of rotatable bonds is 3. The summed E-state index contributed by atoms with van der Waals surface area (Å²) >= 11 is 0. The fraction of sp³-hybridized carbons (Fsp3) is 0.438. The first-order valence-corrected chi connectivity index (χ1v) is 7.19. The molecule has 0 radical (unpaired) electrons. The Morgan fingerprint density at radius 2 is 2.20 bits per heavy atom. The highest BCUT2D eigenvalue weighted by Gasteiger charge is 2.20. The standard InChI is InChI=1S/C16H22N4/c1-12-3-4-13(10-20-8-6-14(17)11-20)15(9-12)16-5-7-18-19(16)2/h3-5,7,9,14H,6,8,10-11,17H2,1-2H3/t14-/m1/s1. The second kappa shape index (κ2) is 5.38. The molecule has 0 aliphatic carbocycles. The predicted molar refractivity (Wildman–Crippen MR) is 81.3 cm³/mol. The van der Waals surface area contributed by atoms with Crippen molar-refractivity contribution < 1.29 is 0 Å². The van der Waals surface area contributed by atoms with E-state index < -0.39 is 0 Å². The van der Waals surface area contributed by atoms with Crippen LogP contribution in [0.15, 0.2) is 30.5 Å². The molecule has 1 atom stereocenters. The molecule has 2 aromatic rings. The second-order valence-corrected chi connectivity index (χ2v) is 5.78. The molecule has 1 aromatic carbocycles. The number of benzene rings is 1. The van der Waals surface area contributed by atoms with Crippen molar-refractivity contribution in [1.82, 2.24) is 14.7 Å². The summed E-state index contributed by atoms with van der Waals surface area (Å²) in [6.07, 6.45) is 2.96. The number of hydrogen-bond donors (Lipinski definition) is 1. The molecule has 3 rings (SSSR count). The average molecular weight is 270 g/mol. The minimum absolute atomic E-state index is 0.334. The van der Waals surface area contributed by atoms with E-state index in [1.165, 1.54) is 22.4 Å². The van der Waals surface area contributed by atoms with Crippen LogP contribution in [-0.2, 0) is 13.6 Å². The zero-order chi connectivity index (χ0) is 14.1. The van der Waals surface area contributed by atoms with E-state index in [2.05, 4.69) is 41.2 Å². The van der Waals surface area contributed by atoms with E-state index in [1.807, 2.05) is 17.9 Å². The summed E-state index contributed by atoms with van der Waals surface area (Å²) in [5.41, 5.74) is 11.1. The normalized spacial score (nSPS) is 19.6. The van der Waals surface area contributed by atoms with E-state index in [0.29, 0.717) is 6.04 Å². The first kappa shape index (κ1) is 13.3. The van der Waals surface area contributed by atoms with Crippen molar-refractivity contribution in [3.8, 4) is 11.3 Å². The molecule has 1 aliphatic heterocycles. The average Bonchev–Trinajstić information content (AvgIpc) is 3.01.